The molecule has 1 aliphatic heterocycles. The number of amides is 2. The first-order chi connectivity index (χ1) is 11.7. The van der Waals surface area contributed by atoms with Crippen LogP contribution in [-0.2, 0) is 9.53 Å². The Bertz CT molecular complexity index is 674. The van der Waals surface area contributed by atoms with Gasteiger partial charge in [-0.2, -0.15) is 5.26 Å². The molecule has 25 heavy (non-hydrogen) atoms. The van der Waals surface area contributed by atoms with Crippen LogP contribution in [0.15, 0.2) is 11.4 Å². The number of carbonyl (C=O) groups is 2. The van der Waals surface area contributed by atoms with Gasteiger partial charge in [-0.05, 0) is 45.6 Å². The minimum atomic E-state index is -0.681. The van der Waals surface area contributed by atoms with E-state index in [1.165, 1.54) is 11.3 Å². The summed E-state index contributed by atoms with van der Waals surface area (Å²) < 4.78 is 5.15. The highest BCUT2D eigenvalue weighted by Crippen LogP contribution is 2.28. The maximum absolute atomic E-state index is 12.3. The molecule has 0 aliphatic carbocycles. The molecule has 2 unspecified atom stereocenters. The lowest BCUT2D eigenvalue weighted by molar-refractivity contribution is -0.123. The average molecular weight is 364 g/mol. The molecule has 7 nitrogen and oxygen atoms in total. The Balaban J connectivity index is 1.83. The summed E-state index contributed by atoms with van der Waals surface area (Å²) in [5.41, 5.74) is 0.315. The second kappa shape index (κ2) is 7.74. The standard InChI is InChI=1S/C17H24N4O3S/c1-11(19-16(23)24-17(2,3)4)15(22)20-12-5-7-21(10-12)13-6-8-25-14(13)9-18/h6,8,11-12H,5,7,10H2,1-4H3,(H,19,23)(H,20,22). The van der Waals surface area contributed by atoms with Crippen LogP contribution in [0.3, 0.4) is 0 Å². The van der Waals surface area contributed by atoms with Crippen molar-refractivity contribution in [2.24, 2.45) is 0 Å². The molecule has 2 rings (SSSR count). The van der Waals surface area contributed by atoms with Crippen LogP contribution in [0.2, 0.25) is 0 Å². The smallest absolute Gasteiger partial charge is 0.408 e. The van der Waals surface area contributed by atoms with E-state index in [1.807, 2.05) is 11.4 Å². The fourth-order valence-electron chi connectivity index (χ4n) is 2.61. The quantitative estimate of drug-likeness (QED) is 0.854. The number of nitriles is 1. The largest absolute Gasteiger partial charge is 0.444 e. The van der Waals surface area contributed by atoms with Gasteiger partial charge in [0.05, 0.1) is 5.69 Å². The maximum atomic E-state index is 12.3. The molecule has 0 saturated carbocycles. The summed E-state index contributed by atoms with van der Waals surface area (Å²) in [7, 11) is 0. The fourth-order valence-corrected chi connectivity index (χ4v) is 3.31. The van der Waals surface area contributed by atoms with Crippen molar-refractivity contribution >= 4 is 29.0 Å². The third-order valence-corrected chi connectivity index (χ3v) is 4.56. The van der Waals surface area contributed by atoms with Gasteiger partial charge in [0.2, 0.25) is 5.91 Å². The van der Waals surface area contributed by atoms with Crippen LogP contribution < -0.4 is 15.5 Å². The Morgan fingerprint density at radius 3 is 2.84 bits per heavy atom. The summed E-state index contributed by atoms with van der Waals surface area (Å²) in [6.07, 6.45) is 0.186. The van der Waals surface area contributed by atoms with Crippen LogP contribution in [0.25, 0.3) is 0 Å². The fraction of sp³-hybridized carbons (Fsp3) is 0.588. The molecule has 8 heteroatoms. The second-order valence-electron chi connectivity index (χ2n) is 7.05. The highest BCUT2D eigenvalue weighted by atomic mass is 32.1. The molecule has 1 aromatic rings. The minimum absolute atomic E-state index is 0.0122. The van der Waals surface area contributed by atoms with Crippen LogP contribution in [0.5, 0.6) is 0 Å². The van der Waals surface area contributed by atoms with Gasteiger partial charge in [-0.3, -0.25) is 4.79 Å². The molecular formula is C17H24N4O3S. The number of hydrogen-bond donors (Lipinski definition) is 2. The molecule has 0 radical (unpaired) electrons. The van der Waals surface area contributed by atoms with Gasteiger partial charge in [-0.15, -0.1) is 11.3 Å². The molecule has 1 fully saturated rings. The number of hydrogen-bond acceptors (Lipinski definition) is 6. The van der Waals surface area contributed by atoms with E-state index in [4.69, 9.17) is 10.00 Å². The summed E-state index contributed by atoms with van der Waals surface area (Å²) >= 11 is 1.42. The first kappa shape index (κ1) is 19.1. The Morgan fingerprint density at radius 1 is 1.48 bits per heavy atom. The van der Waals surface area contributed by atoms with Crippen LogP contribution in [0.4, 0.5) is 10.5 Å². The monoisotopic (exact) mass is 364 g/mol. The molecule has 2 atom stereocenters. The normalized spacial score (nSPS) is 18.4. The molecule has 136 valence electrons. The molecule has 2 amide bonds. The third-order valence-electron chi connectivity index (χ3n) is 3.75. The highest BCUT2D eigenvalue weighted by molar-refractivity contribution is 7.11. The van der Waals surface area contributed by atoms with Crippen molar-refractivity contribution in [3.8, 4) is 6.07 Å². The van der Waals surface area contributed by atoms with Crippen molar-refractivity contribution in [1.82, 2.24) is 10.6 Å². The van der Waals surface area contributed by atoms with E-state index in [1.54, 1.807) is 27.7 Å². The minimum Gasteiger partial charge on any atom is -0.444 e. The number of ether oxygens (including phenoxy) is 1. The van der Waals surface area contributed by atoms with Gasteiger partial charge in [0.15, 0.2) is 0 Å². The van der Waals surface area contributed by atoms with Crippen molar-refractivity contribution in [3.63, 3.8) is 0 Å². The van der Waals surface area contributed by atoms with Gasteiger partial charge in [-0.25, -0.2) is 4.79 Å². The molecule has 1 saturated heterocycles. The summed E-state index contributed by atoms with van der Waals surface area (Å²) in [5, 5.41) is 16.5. The third kappa shape index (κ3) is 5.36. The molecular weight excluding hydrogens is 340 g/mol. The Kier molecular flexibility index (Phi) is 5.90. The number of carbonyl (C=O) groups excluding carboxylic acids is 2. The molecule has 0 aromatic carbocycles. The first-order valence-electron chi connectivity index (χ1n) is 8.22. The van der Waals surface area contributed by atoms with Crippen LogP contribution in [0.1, 0.15) is 39.0 Å². The summed E-state index contributed by atoms with van der Waals surface area (Å²) in [5.74, 6) is -0.247. The lowest BCUT2D eigenvalue weighted by Crippen LogP contribution is -2.49. The number of nitrogens with one attached hydrogen (secondary N) is 2. The van der Waals surface area contributed by atoms with Gasteiger partial charge in [-0.1, -0.05) is 0 Å². The molecule has 0 spiro atoms. The molecule has 1 aromatic heterocycles. The molecule has 2 N–H and O–H groups in total. The van der Waals surface area contributed by atoms with Crippen molar-refractivity contribution in [3.05, 3.63) is 16.3 Å². The van der Waals surface area contributed by atoms with E-state index < -0.39 is 17.7 Å². The average Bonchev–Trinajstić information content (AvgIpc) is 3.12. The van der Waals surface area contributed by atoms with Crippen LogP contribution in [0, 0.1) is 11.3 Å². The van der Waals surface area contributed by atoms with E-state index in [0.29, 0.717) is 11.4 Å². The van der Waals surface area contributed by atoms with E-state index in [9.17, 15) is 9.59 Å². The number of anilines is 1. The van der Waals surface area contributed by atoms with Gasteiger partial charge in [0, 0.05) is 19.1 Å². The second-order valence-corrected chi connectivity index (χ2v) is 7.97. The lowest BCUT2D eigenvalue weighted by Gasteiger charge is -2.23. The van der Waals surface area contributed by atoms with Crippen molar-refractivity contribution in [1.29, 1.82) is 5.26 Å². The first-order valence-corrected chi connectivity index (χ1v) is 9.10. The SMILES string of the molecule is CC(NC(=O)OC(C)(C)C)C(=O)NC1CCN(c2ccsc2C#N)C1. The van der Waals surface area contributed by atoms with E-state index in [0.717, 1.165) is 18.7 Å². The van der Waals surface area contributed by atoms with Crippen LogP contribution in [-0.4, -0.2) is 42.8 Å². The van der Waals surface area contributed by atoms with Crippen LogP contribution >= 0.6 is 11.3 Å². The predicted octanol–water partition coefficient (Wildman–Crippen LogP) is 2.23. The molecule has 1 aliphatic rings. The summed E-state index contributed by atoms with van der Waals surface area (Å²) in [4.78, 5) is 26.8. The predicted molar refractivity (Wildman–Crippen MR) is 96.6 cm³/mol. The van der Waals surface area contributed by atoms with Gasteiger partial charge < -0.3 is 20.3 Å². The lowest BCUT2D eigenvalue weighted by atomic mass is 10.2. The Hall–Kier alpha value is -2.27. The van der Waals surface area contributed by atoms with Crippen molar-refractivity contribution in [2.75, 3.05) is 18.0 Å². The highest BCUT2D eigenvalue weighted by Gasteiger charge is 2.28. The number of thiophene rings is 1. The number of rotatable bonds is 4. The van der Waals surface area contributed by atoms with E-state index >= 15 is 0 Å². The van der Waals surface area contributed by atoms with E-state index in [2.05, 4.69) is 21.6 Å². The number of alkyl carbamates (subject to hydrolysis) is 1. The topological polar surface area (TPSA) is 94.5 Å². The zero-order chi connectivity index (χ0) is 18.6. The van der Waals surface area contributed by atoms with E-state index in [-0.39, 0.29) is 11.9 Å². The van der Waals surface area contributed by atoms with Gasteiger partial charge in [0.25, 0.3) is 0 Å². The zero-order valence-corrected chi connectivity index (χ0v) is 15.8. The van der Waals surface area contributed by atoms with Crippen molar-refractivity contribution < 1.29 is 14.3 Å². The van der Waals surface area contributed by atoms with Crippen molar-refractivity contribution in [2.45, 2.75) is 51.8 Å². The summed E-state index contributed by atoms with van der Waals surface area (Å²) in [6, 6.07) is 3.43. The van der Waals surface area contributed by atoms with Gasteiger partial charge >= 0.3 is 6.09 Å². The molecule has 2 heterocycles. The maximum Gasteiger partial charge on any atom is 0.408 e. The van der Waals surface area contributed by atoms with Gasteiger partial charge in [0.1, 0.15) is 22.6 Å². The zero-order valence-electron chi connectivity index (χ0n) is 15.0. The number of nitrogens with zero attached hydrogens (tertiary/aromatic N) is 2. The Labute approximate surface area is 151 Å². The summed E-state index contributed by atoms with van der Waals surface area (Å²) in [6.45, 7) is 8.36. The molecule has 0 bridgehead atoms. The Morgan fingerprint density at radius 2 is 2.20 bits per heavy atom.